The molecule has 0 bridgehead atoms. The van der Waals surface area contributed by atoms with E-state index in [1.54, 1.807) is 33.6 Å². The first-order valence-electron chi connectivity index (χ1n) is 10.8. The molecule has 1 fully saturated rings. The molecule has 1 aromatic carbocycles. The summed E-state index contributed by atoms with van der Waals surface area (Å²) in [5.41, 5.74) is 1.49. The Balaban J connectivity index is 1.78. The molecule has 3 aromatic rings. The van der Waals surface area contributed by atoms with Crippen LogP contribution in [0.2, 0.25) is 0 Å². The molecular formula is C23H21F5N4O2S. The maximum Gasteiger partial charge on any atom is 0.404 e. The predicted octanol–water partition coefficient (Wildman–Crippen LogP) is 5.41. The first kappa shape index (κ1) is 25.1. The van der Waals surface area contributed by atoms with Crippen molar-refractivity contribution in [1.82, 2.24) is 14.3 Å². The Morgan fingerprint density at radius 2 is 1.89 bits per heavy atom. The summed E-state index contributed by atoms with van der Waals surface area (Å²) >= 11 is 0. The van der Waals surface area contributed by atoms with Crippen LogP contribution in [0.15, 0.2) is 47.5 Å². The van der Waals surface area contributed by atoms with Crippen LogP contribution in [-0.4, -0.2) is 36.6 Å². The van der Waals surface area contributed by atoms with Crippen LogP contribution in [0.4, 0.5) is 22.0 Å². The predicted molar refractivity (Wildman–Crippen MR) is 118 cm³/mol. The zero-order valence-corrected chi connectivity index (χ0v) is 19.2. The van der Waals surface area contributed by atoms with Crippen molar-refractivity contribution in [2.24, 2.45) is 5.92 Å². The van der Waals surface area contributed by atoms with Crippen molar-refractivity contribution in [3.05, 3.63) is 48.2 Å². The Hall–Kier alpha value is -3.04. The minimum atomic E-state index is -4.76. The van der Waals surface area contributed by atoms with Gasteiger partial charge in [-0.2, -0.15) is 23.2 Å². The Labute approximate surface area is 198 Å². The smallest absolute Gasteiger partial charge is 0.335 e. The summed E-state index contributed by atoms with van der Waals surface area (Å²) in [5, 5.41) is 10.5. The Morgan fingerprint density at radius 1 is 1.17 bits per heavy atom. The molecule has 0 saturated heterocycles. The average Bonchev–Trinajstić information content (AvgIpc) is 3.41. The quantitative estimate of drug-likeness (QED) is 0.448. The molecule has 1 N–H and O–H groups in total. The highest BCUT2D eigenvalue weighted by molar-refractivity contribution is 7.89. The van der Waals surface area contributed by atoms with Crippen molar-refractivity contribution in [2.45, 2.75) is 55.8 Å². The van der Waals surface area contributed by atoms with Gasteiger partial charge in [0.25, 0.3) is 0 Å². The van der Waals surface area contributed by atoms with Gasteiger partial charge in [-0.15, -0.1) is 0 Å². The van der Waals surface area contributed by atoms with Crippen molar-refractivity contribution >= 4 is 20.9 Å². The zero-order chi connectivity index (χ0) is 25.5. The maximum atomic E-state index is 13.4. The highest BCUT2D eigenvalue weighted by Crippen LogP contribution is 2.44. The molecule has 2 heterocycles. The van der Waals surface area contributed by atoms with Crippen LogP contribution in [0.1, 0.15) is 37.8 Å². The number of alkyl halides is 5. The monoisotopic (exact) mass is 512 g/mol. The van der Waals surface area contributed by atoms with Crippen LogP contribution in [0.25, 0.3) is 22.3 Å². The van der Waals surface area contributed by atoms with Gasteiger partial charge in [0.2, 0.25) is 16.4 Å². The number of nitrogens with one attached hydrogen (secondary N) is 1. The second-order valence-electron chi connectivity index (χ2n) is 8.55. The fourth-order valence-electron chi connectivity index (χ4n) is 4.51. The number of fused-ring (bicyclic) bond motifs is 1. The van der Waals surface area contributed by atoms with Crippen molar-refractivity contribution < 1.29 is 30.4 Å². The fourth-order valence-corrected chi connectivity index (χ4v) is 5.68. The van der Waals surface area contributed by atoms with E-state index in [9.17, 15) is 35.6 Å². The lowest BCUT2D eigenvalue weighted by atomic mass is 10.1. The standard InChI is InChI=1S/C23H21F5N4O2S/c1-13(23(26,27)28)31-35(33,34)16-8-9-19(30-12-16)21-18(11-29)17-4-2-3-5-20(17)32(21)15-7-6-14(10-15)22(24)25/h2-5,8-9,12-15,22,31H,6-7,10H2,1H3/t13-,14?,15?/m1/s1. The number of aromatic nitrogens is 2. The number of hydrogen-bond acceptors (Lipinski definition) is 4. The van der Waals surface area contributed by atoms with Crippen LogP contribution in [0, 0.1) is 17.2 Å². The van der Waals surface area contributed by atoms with Crippen molar-refractivity contribution in [3.63, 3.8) is 0 Å². The van der Waals surface area contributed by atoms with E-state index in [0.717, 1.165) is 12.3 Å². The molecule has 186 valence electrons. The highest BCUT2D eigenvalue weighted by Gasteiger charge is 2.39. The van der Waals surface area contributed by atoms with E-state index >= 15 is 0 Å². The van der Waals surface area contributed by atoms with Gasteiger partial charge >= 0.3 is 6.18 Å². The van der Waals surface area contributed by atoms with Gasteiger partial charge < -0.3 is 4.57 Å². The molecule has 0 radical (unpaired) electrons. The number of hydrogen-bond donors (Lipinski definition) is 1. The number of sulfonamides is 1. The van der Waals surface area contributed by atoms with Crippen LogP contribution < -0.4 is 4.72 Å². The van der Waals surface area contributed by atoms with Gasteiger partial charge in [0, 0.05) is 23.5 Å². The third-order valence-corrected chi connectivity index (χ3v) is 7.83. The van der Waals surface area contributed by atoms with Gasteiger partial charge in [-0.05, 0) is 44.4 Å². The summed E-state index contributed by atoms with van der Waals surface area (Å²) in [7, 11) is -4.51. The van der Waals surface area contributed by atoms with E-state index < -0.39 is 39.5 Å². The zero-order valence-electron chi connectivity index (χ0n) is 18.4. The van der Waals surface area contributed by atoms with Gasteiger partial charge in [-0.3, -0.25) is 4.98 Å². The third kappa shape index (κ3) is 4.75. The number of rotatable bonds is 6. The number of nitrogens with zero attached hydrogens (tertiary/aromatic N) is 3. The Bertz CT molecular complexity index is 1380. The average molecular weight is 513 g/mol. The molecule has 1 aliphatic carbocycles. The second kappa shape index (κ2) is 9.20. The molecule has 0 spiro atoms. The number of benzene rings is 1. The second-order valence-corrected chi connectivity index (χ2v) is 10.3. The van der Waals surface area contributed by atoms with Gasteiger partial charge in [-0.25, -0.2) is 17.2 Å². The topological polar surface area (TPSA) is 87.8 Å². The van der Waals surface area contributed by atoms with Crippen LogP contribution in [0.5, 0.6) is 0 Å². The molecule has 0 aliphatic heterocycles. The van der Waals surface area contributed by atoms with Gasteiger partial charge in [-0.1, -0.05) is 18.2 Å². The number of halogens is 5. The summed E-state index contributed by atoms with van der Waals surface area (Å²) in [5.74, 6) is -0.776. The van der Waals surface area contributed by atoms with Gasteiger partial charge in [0.05, 0.1) is 22.5 Å². The molecule has 3 atom stereocenters. The first-order chi connectivity index (χ1) is 16.4. The molecule has 2 unspecified atom stereocenters. The highest BCUT2D eigenvalue weighted by atomic mass is 32.2. The van der Waals surface area contributed by atoms with E-state index in [-0.39, 0.29) is 23.7 Å². The number of nitriles is 1. The van der Waals surface area contributed by atoms with E-state index in [2.05, 4.69) is 11.1 Å². The lowest BCUT2D eigenvalue weighted by molar-refractivity contribution is -0.147. The minimum Gasteiger partial charge on any atom is -0.335 e. The van der Waals surface area contributed by atoms with E-state index in [4.69, 9.17) is 0 Å². The van der Waals surface area contributed by atoms with Crippen LogP contribution >= 0.6 is 0 Å². The maximum absolute atomic E-state index is 13.4. The molecule has 4 rings (SSSR count). The van der Waals surface area contributed by atoms with E-state index in [1.165, 1.54) is 6.07 Å². The minimum absolute atomic E-state index is 0.208. The molecule has 1 aliphatic rings. The SMILES string of the molecule is C[C@@H](NS(=O)(=O)c1ccc(-c2c(C#N)c3ccccc3n2C2CCC(C(F)F)C2)nc1)C(F)(F)F. The fraction of sp³-hybridized carbons (Fsp3) is 0.391. The van der Waals surface area contributed by atoms with Crippen molar-refractivity contribution in [3.8, 4) is 17.5 Å². The number of para-hydroxylation sites is 1. The Kier molecular flexibility index (Phi) is 6.59. The van der Waals surface area contributed by atoms with Crippen molar-refractivity contribution in [2.75, 3.05) is 0 Å². The lowest BCUT2D eigenvalue weighted by Crippen LogP contribution is -2.42. The molecule has 1 saturated carbocycles. The van der Waals surface area contributed by atoms with Gasteiger partial charge in [0.15, 0.2) is 0 Å². The van der Waals surface area contributed by atoms with E-state index in [1.807, 2.05) is 0 Å². The molecule has 2 aromatic heterocycles. The largest absolute Gasteiger partial charge is 0.404 e. The summed E-state index contributed by atoms with van der Waals surface area (Å²) in [4.78, 5) is 3.68. The first-order valence-corrected chi connectivity index (χ1v) is 12.3. The molecular weight excluding hydrogens is 491 g/mol. The lowest BCUT2D eigenvalue weighted by Gasteiger charge is -2.19. The normalized spacial score (nSPS) is 19.8. The van der Waals surface area contributed by atoms with Gasteiger partial charge in [0.1, 0.15) is 17.0 Å². The van der Waals surface area contributed by atoms with Crippen molar-refractivity contribution in [1.29, 1.82) is 5.26 Å². The summed E-state index contributed by atoms with van der Waals surface area (Å²) in [6.07, 6.45) is -5.31. The van der Waals surface area contributed by atoms with Crippen LogP contribution in [0.3, 0.4) is 0 Å². The molecule has 12 heteroatoms. The van der Waals surface area contributed by atoms with Crippen LogP contribution in [-0.2, 0) is 10.0 Å². The summed E-state index contributed by atoms with van der Waals surface area (Å²) in [6, 6.07) is 8.93. The Morgan fingerprint density at radius 3 is 2.46 bits per heavy atom. The summed E-state index contributed by atoms with van der Waals surface area (Å²) < 4.78 is 93.3. The van der Waals surface area contributed by atoms with E-state index in [0.29, 0.717) is 36.4 Å². The molecule has 35 heavy (non-hydrogen) atoms. The summed E-state index contributed by atoms with van der Waals surface area (Å²) in [6.45, 7) is 0.686. The molecule has 6 nitrogen and oxygen atoms in total. The number of pyridine rings is 1. The third-order valence-electron chi connectivity index (χ3n) is 6.30. The molecule has 0 amide bonds.